The summed E-state index contributed by atoms with van der Waals surface area (Å²) in [7, 11) is -3.57. The Morgan fingerprint density at radius 3 is 2.65 bits per heavy atom. The minimum atomic E-state index is -4.53. The summed E-state index contributed by atoms with van der Waals surface area (Å²) in [6.45, 7) is -1.13. The van der Waals surface area contributed by atoms with Crippen molar-refractivity contribution in [2.45, 2.75) is 36.8 Å². The monoisotopic (exact) mass is 494 g/mol. The summed E-state index contributed by atoms with van der Waals surface area (Å²) < 4.78 is 68.0. The summed E-state index contributed by atoms with van der Waals surface area (Å²) >= 11 is 0. The lowest BCUT2D eigenvalue weighted by molar-refractivity contribution is -0.153. The highest BCUT2D eigenvalue weighted by atomic mass is 32.2. The van der Waals surface area contributed by atoms with Gasteiger partial charge in [0.15, 0.2) is 6.61 Å². The average molecular weight is 494 g/mol. The molecule has 0 radical (unpaired) electrons. The van der Waals surface area contributed by atoms with Crippen molar-refractivity contribution in [2.75, 3.05) is 18.5 Å². The zero-order valence-electron chi connectivity index (χ0n) is 17.9. The molecule has 2 N–H and O–H groups in total. The Bertz CT molecular complexity index is 1240. The molecule has 3 rings (SSSR count). The molecule has 0 fully saturated rings. The number of benzene rings is 2. The highest BCUT2D eigenvalue weighted by Crippen LogP contribution is 2.25. The largest absolute Gasteiger partial charge is 0.483 e. The van der Waals surface area contributed by atoms with E-state index in [4.69, 9.17) is 5.26 Å². The molecule has 1 aliphatic heterocycles. The van der Waals surface area contributed by atoms with Gasteiger partial charge in [-0.15, -0.1) is 0 Å². The summed E-state index contributed by atoms with van der Waals surface area (Å²) in [4.78, 5) is 16.6. The summed E-state index contributed by atoms with van der Waals surface area (Å²) in [5, 5.41) is 11.7. The summed E-state index contributed by atoms with van der Waals surface area (Å²) in [5.74, 6) is -0.215. The third-order valence-electron chi connectivity index (χ3n) is 4.77. The maximum atomic E-state index is 12.3. The number of ether oxygens (including phenoxy) is 1. The van der Waals surface area contributed by atoms with Crippen molar-refractivity contribution < 1.29 is 31.1 Å². The number of hydrogen-bond donors (Lipinski definition) is 2. The summed E-state index contributed by atoms with van der Waals surface area (Å²) in [6, 6.07) is 12.1. The lowest BCUT2D eigenvalue weighted by Gasteiger charge is -2.12. The van der Waals surface area contributed by atoms with Gasteiger partial charge in [-0.2, -0.15) is 18.4 Å². The molecule has 0 atom stereocenters. The van der Waals surface area contributed by atoms with E-state index in [0.29, 0.717) is 37.2 Å². The fourth-order valence-corrected chi connectivity index (χ4v) is 4.47. The van der Waals surface area contributed by atoms with E-state index < -0.39 is 22.8 Å². The molecule has 1 heterocycles. The van der Waals surface area contributed by atoms with Crippen molar-refractivity contribution in [3.05, 3.63) is 53.6 Å². The molecule has 34 heavy (non-hydrogen) atoms. The van der Waals surface area contributed by atoms with Crippen LogP contribution in [0.2, 0.25) is 0 Å². The molecule has 1 aliphatic rings. The molecule has 2 aromatic carbocycles. The second-order valence-electron chi connectivity index (χ2n) is 7.42. The number of unbranched alkanes of at least 4 members (excludes halogenated alkanes) is 2. The van der Waals surface area contributed by atoms with Crippen molar-refractivity contribution in [1.29, 1.82) is 5.26 Å². The Balaban J connectivity index is 1.42. The fraction of sp³-hybridized carbons (Fsp3) is 0.318. The van der Waals surface area contributed by atoms with E-state index in [0.717, 1.165) is 0 Å². The van der Waals surface area contributed by atoms with Gasteiger partial charge in [-0.1, -0.05) is 18.6 Å². The lowest BCUT2D eigenvalue weighted by Crippen LogP contribution is -2.22. The Morgan fingerprint density at radius 2 is 1.91 bits per heavy atom. The highest BCUT2D eigenvalue weighted by Gasteiger charge is 2.30. The van der Waals surface area contributed by atoms with Crippen LogP contribution in [0.4, 0.5) is 18.9 Å². The molecule has 1 amide bonds. The van der Waals surface area contributed by atoms with Crippen molar-refractivity contribution in [3.63, 3.8) is 0 Å². The molecule has 2 aromatic rings. The lowest BCUT2D eigenvalue weighted by atomic mass is 10.1. The number of amidine groups is 1. The van der Waals surface area contributed by atoms with Gasteiger partial charge in [0.25, 0.3) is 10.0 Å². The Labute approximate surface area is 194 Å². The number of anilines is 1. The van der Waals surface area contributed by atoms with E-state index in [-0.39, 0.29) is 34.2 Å². The van der Waals surface area contributed by atoms with E-state index in [1.165, 1.54) is 24.3 Å². The molecule has 8 nitrogen and oxygen atoms in total. The van der Waals surface area contributed by atoms with Crippen molar-refractivity contribution >= 4 is 27.5 Å². The first kappa shape index (κ1) is 25.0. The number of carbonyl (C=O) groups is 1. The number of halogens is 3. The van der Waals surface area contributed by atoms with Gasteiger partial charge < -0.3 is 10.1 Å². The van der Waals surface area contributed by atoms with Gasteiger partial charge >= 0.3 is 6.18 Å². The van der Waals surface area contributed by atoms with Gasteiger partial charge in [-0.25, -0.2) is 8.42 Å². The number of sulfonamides is 1. The predicted octanol–water partition coefficient (Wildman–Crippen LogP) is 3.74. The van der Waals surface area contributed by atoms with Gasteiger partial charge in [-0.3, -0.25) is 14.5 Å². The van der Waals surface area contributed by atoms with Gasteiger partial charge in [0.05, 0.1) is 10.5 Å². The molecule has 0 saturated carbocycles. The summed E-state index contributed by atoms with van der Waals surface area (Å²) in [6.07, 6.45) is -2.46. The molecule has 180 valence electrons. The van der Waals surface area contributed by atoms with Crippen LogP contribution in [-0.4, -0.2) is 39.5 Å². The fourth-order valence-electron chi connectivity index (χ4n) is 3.22. The molecule has 0 saturated heterocycles. The van der Waals surface area contributed by atoms with Crippen LogP contribution in [-0.2, 0) is 14.8 Å². The molecule has 0 aromatic heterocycles. The Kier molecular flexibility index (Phi) is 7.78. The number of nitrogens with one attached hydrogen (secondary N) is 2. The maximum Gasteiger partial charge on any atom is 0.422 e. The van der Waals surface area contributed by atoms with E-state index in [9.17, 15) is 26.4 Å². The standard InChI is InChI=1S/C22H21F3N4O4S/c23-22(24,25)14-33-18-10-9-16(12-15(18)13-26)28-20(30)8-2-1-5-11-27-21-17-6-3-4-7-19(17)34(31,32)29-21/h3-4,6-7,9-10,12H,1-2,5,8,11,14H2,(H,27,29)(H,28,30). The molecular formula is C22H21F3N4O4S. The normalized spacial score (nSPS) is 15.3. The number of nitrogens with zero attached hydrogens (tertiary/aromatic N) is 2. The number of fused-ring (bicyclic) bond motifs is 1. The maximum absolute atomic E-state index is 12.3. The molecule has 12 heteroatoms. The number of alkyl halides is 3. The smallest absolute Gasteiger partial charge is 0.422 e. The topological polar surface area (TPSA) is 121 Å². The molecule has 0 bridgehead atoms. The van der Waals surface area contributed by atoms with Crippen LogP contribution < -0.4 is 14.8 Å². The number of aliphatic imine (C=N–C) groups is 1. The minimum Gasteiger partial charge on any atom is -0.483 e. The molecule has 0 unspecified atom stereocenters. The van der Waals surface area contributed by atoms with Crippen LogP contribution in [0.5, 0.6) is 5.75 Å². The van der Waals surface area contributed by atoms with Crippen molar-refractivity contribution in [2.24, 2.45) is 4.99 Å². The van der Waals surface area contributed by atoms with E-state index >= 15 is 0 Å². The number of hydrogen-bond acceptors (Lipinski definition) is 6. The van der Waals surface area contributed by atoms with Crippen LogP contribution in [0.3, 0.4) is 0 Å². The van der Waals surface area contributed by atoms with E-state index in [1.807, 2.05) is 0 Å². The van der Waals surface area contributed by atoms with Crippen LogP contribution in [0.25, 0.3) is 0 Å². The van der Waals surface area contributed by atoms with Gasteiger partial charge in [0.2, 0.25) is 5.91 Å². The van der Waals surface area contributed by atoms with Crippen LogP contribution >= 0.6 is 0 Å². The quantitative estimate of drug-likeness (QED) is 0.515. The second kappa shape index (κ2) is 10.6. The first-order chi connectivity index (χ1) is 16.1. The van der Waals surface area contributed by atoms with E-state index in [2.05, 4.69) is 19.8 Å². The zero-order valence-corrected chi connectivity index (χ0v) is 18.7. The molecule has 0 aliphatic carbocycles. The first-order valence-corrected chi connectivity index (χ1v) is 11.8. The van der Waals surface area contributed by atoms with Gasteiger partial charge in [0, 0.05) is 24.2 Å². The minimum absolute atomic E-state index is 0.120. The highest BCUT2D eigenvalue weighted by molar-refractivity contribution is 7.90. The summed E-state index contributed by atoms with van der Waals surface area (Å²) in [5.41, 5.74) is 0.693. The van der Waals surface area contributed by atoms with E-state index in [1.54, 1.807) is 24.3 Å². The molecule has 0 spiro atoms. The second-order valence-corrected chi connectivity index (χ2v) is 9.07. The Morgan fingerprint density at radius 1 is 1.15 bits per heavy atom. The van der Waals surface area contributed by atoms with Crippen LogP contribution in [0, 0.1) is 11.3 Å². The zero-order chi connectivity index (χ0) is 24.8. The van der Waals surface area contributed by atoms with Crippen LogP contribution in [0.15, 0.2) is 52.4 Å². The number of nitriles is 1. The van der Waals surface area contributed by atoms with Gasteiger partial charge in [0.1, 0.15) is 17.7 Å². The SMILES string of the molecule is N#Cc1cc(NC(=O)CCCCCN=C2NS(=O)(=O)c3ccccc32)ccc1OCC(F)(F)F. The number of carbonyl (C=O) groups excluding carboxylic acids is 1. The predicted molar refractivity (Wildman–Crippen MR) is 118 cm³/mol. The first-order valence-electron chi connectivity index (χ1n) is 10.3. The average Bonchev–Trinajstić information content (AvgIpc) is 3.04. The number of amides is 1. The third kappa shape index (κ3) is 6.71. The molecular weight excluding hydrogens is 473 g/mol. The van der Waals surface area contributed by atoms with Crippen molar-refractivity contribution in [1.82, 2.24) is 4.72 Å². The van der Waals surface area contributed by atoms with Crippen LogP contribution in [0.1, 0.15) is 36.8 Å². The number of rotatable bonds is 9. The Hall–Kier alpha value is -3.59. The third-order valence-corrected chi connectivity index (χ3v) is 6.17. The van der Waals surface area contributed by atoms with Gasteiger partial charge in [-0.05, 0) is 43.2 Å². The van der Waals surface area contributed by atoms with Crippen molar-refractivity contribution in [3.8, 4) is 11.8 Å².